The number of amides is 2. The molecule has 3 aromatic carbocycles. The molecule has 164 valence electrons. The molecule has 0 radical (unpaired) electrons. The summed E-state index contributed by atoms with van der Waals surface area (Å²) in [5.74, 6) is 0.135. The average Bonchev–Trinajstić information content (AvgIpc) is 2.79. The highest BCUT2D eigenvalue weighted by molar-refractivity contribution is 7.80. The number of ether oxygens (including phenoxy) is 1. The van der Waals surface area contributed by atoms with Crippen LogP contribution >= 0.6 is 12.2 Å². The Bertz CT molecular complexity index is 1110. The lowest BCUT2D eigenvalue weighted by atomic mass is 10.1. The van der Waals surface area contributed by atoms with Gasteiger partial charge in [0.1, 0.15) is 5.75 Å². The van der Waals surface area contributed by atoms with Gasteiger partial charge in [-0.15, -0.1) is 0 Å². The van der Waals surface area contributed by atoms with Gasteiger partial charge in [0.25, 0.3) is 11.8 Å². The third kappa shape index (κ3) is 6.65. The molecule has 0 aliphatic rings. The fourth-order valence-corrected chi connectivity index (χ4v) is 3.12. The van der Waals surface area contributed by atoms with E-state index < -0.39 is 0 Å². The Morgan fingerprint density at radius 3 is 2.12 bits per heavy atom. The first-order valence-electron chi connectivity index (χ1n) is 10.3. The van der Waals surface area contributed by atoms with Crippen LogP contribution in [0.15, 0.2) is 72.8 Å². The van der Waals surface area contributed by atoms with Gasteiger partial charge in [-0.3, -0.25) is 14.9 Å². The fraction of sp³-hybridized carbons (Fsp3) is 0.160. The number of carbonyl (C=O) groups excluding carboxylic acids is 2. The van der Waals surface area contributed by atoms with Crippen molar-refractivity contribution < 1.29 is 14.3 Å². The summed E-state index contributed by atoms with van der Waals surface area (Å²) in [5.41, 5.74) is 3.41. The number of hydrogen-bond acceptors (Lipinski definition) is 4. The first-order chi connectivity index (χ1) is 15.4. The Morgan fingerprint density at radius 1 is 0.844 bits per heavy atom. The minimum absolute atomic E-state index is 0.173. The highest BCUT2D eigenvalue weighted by Gasteiger charge is 2.10. The maximum atomic E-state index is 12.5. The Hall–Kier alpha value is -3.71. The molecule has 0 saturated heterocycles. The van der Waals surface area contributed by atoms with E-state index >= 15 is 0 Å². The van der Waals surface area contributed by atoms with E-state index in [1.807, 2.05) is 38.1 Å². The Balaban J connectivity index is 1.54. The van der Waals surface area contributed by atoms with Gasteiger partial charge in [0.05, 0.1) is 6.61 Å². The zero-order valence-corrected chi connectivity index (χ0v) is 18.8. The Labute approximate surface area is 193 Å². The highest BCUT2D eigenvalue weighted by atomic mass is 32.1. The molecule has 3 N–H and O–H groups in total. The summed E-state index contributed by atoms with van der Waals surface area (Å²) < 4.78 is 5.56. The quantitative estimate of drug-likeness (QED) is 0.436. The number of benzene rings is 3. The number of nitrogens with one attached hydrogen (secondary N) is 3. The molecule has 0 aliphatic heterocycles. The van der Waals surface area contributed by atoms with Crippen molar-refractivity contribution in [2.75, 3.05) is 17.2 Å². The largest absolute Gasteiger partial charge is 0.494 e. The SMILES string of the molecule is CCCOc1cccc(C(=O)NC(=S)Nc2ccc(NC(=O)c3cccc(C)c3)cc2)c1. The number of hydrogen-bond donors (Lipinski definition) is 3. The third-order valence-electron chi connectivity index (χ3n) is 4.48. The zero-order chi connectivity index (χ0) is 22.9. The molecule has 0 spiro atoms. The number of aryl methyl sites for hydroxylation is 1. The second kappa shape index (κ2) is 11.1. The van der Waals surface area contributed by atoms with Crippen molar-refractivity contribution in [3.63, 3.8) is 0 Å². The van der Waals surface area contributed by atoms with Gasteiger partial charge >= 0.3 is 0 Å². The van der Waals surface area contributed by atoms with Gasteiger partial charge in [-0.05, 0) is 80.2 Å². The molecule has 3 aromatic rings. The van der Waals surface area contributed by atoms with Gasteiger partial charge in [-0.2, -0.15) is 0 Å². The monoisotopic (exact) mass is 447 g/mol. The molecular formula is C25H25N3O3S. The third-order valence-corrected chi connectivity index (χ3v) is 4.68. The van der Waals surface area contributed by atoms with E-state index in [0.717, 1.165) is 12.0 Å². The van der Waals surface area contributed by atoms with Crippen LogP contribution in [0.4, 0.5) is 11.4 Å². The second-order valence-electron chi connectivity index (χ2n) is 7.19. The van der Waals surface area contributed by atoms with Crippen molar-refractivity contribution in [1.29, 1.82) is 0 Å². The molecule has 0 saturated carbocycles. The van der Waals surface area contributed by atoms with E-state index in [9.17, 15) is 9.59 Å². The standard InChI is InChI=1S/C25H25N3O3S/c1-3-14-31-22-9-5-8-19(16-22)24(30)28-25(32)27-21-12-10-20(11-13-21)26-23(29)18-7-4-6-17(2)15-18/h4-13,15-16H,3,14H2,1-2H3,(H,26,29)(H2,27,28,30,32). The van der Waals surface area contributed by atoms with Crippen LogP contribution in [0, 0.1) is 6.92 Å². The van der Waals surface area contributed by atoms with Crippen molar-refractivity contribution >= 4 is 40.5 Å². The Kier molecular flexibility index (Phi) is 7.94. The number of rotatable bonds is 7. The van der Waals surface area contributed by atoms with Crippen molar-refractivity contribution in [3.8, 4) is 5.75 Å². The number of anilines is 2. The molecule has 0 aliphatic carbocycles. The summed E-state index contributed by atoms with van der Waals surface area (Å²) >= 11 is 5.25. The molecule has 6 nitrogen and oxygen atoms in total. The zero-order valence-electron chi connectivity index (χ0n) is 18.0. The summed E-state index contributed by atoms with van der Waals surface area (Å²) in [6.45, 7) is 4.55. The maximum Gasteiger partial charge on any atom is 0.257 e. The van der Waals surface area contributed by atoms with Gasteiger partial charge in [-0.1, -0.05) is 30.7 Å². The lowest BCUT2D eigenvalue weighted by Crippen LogP contribution is -2.34. The summed E-state index contributed by atoms with van der Waals surface area (Å²) in [5, 5.41) is 8.66. The van der Waals surface area contributed by atoms with Crippen LogP contribution in [0.5, 0.6) is 5.75 Å². The maximum absolute atomic E-state index is 12.5. The van der Waals surface area contributed by atoms with Crippen molar-refractivity contribution in [3.05, 3.63) is 89.5 Å². The second-order valence-corrected chi connectivity index (χ2v) is 7.59. The normalized spacial score (nSPS) is 10.2. The van der Waals surface area contributed by atoms with E-state index in [2.05, 4.69) is 16.0 Å². The van der Waals surface area contributed by atoms with E-state index in [-0.39, 0.29) is 16.9 Å². The molecule has 0 atom stereocenters. The predicted octanol–water partition coefficient (Wildman–Crippen LogP) is 5.16. The van der Waals surface area contributed by atoms with Gasteiger partial charge in [0.15, 0.2) is 5.11 Å². The van der Waals surface area contributed by atoms with Gasteiger partial charge in [0.2, 0.25) is 0 Å². The van der Waals surface area contributed by atoms with Crippen LogP contribution < -0.4 is 20.7 Å². The number of thiocarbonyl (C=S) groups is 1. The summed E-state index contributed by atoms with van der Waals surface area (Å²) in [4.78, 5) is 24.8. The predicted molar refractivity (Wildman–Crippen MR) is 131 cm³/mol. The lowest BCUT2D eigenvalue weighted by Gasteiger charge is -2.11. The van der Waals surface area contributed by atoms with Crippen molar-refractivity contribution in [2.45, 2.75) is 20.3 Å². The van der Waals surface area contributed by atoms with Crippen molar-refractivity contribution in [2.24, 2.45) is 0 Å². The minimum atomic E-state index is -0.327. The summed E-state index contributed by atoms with van der Waals surface area (Å²) in [6, 6.07) is 21.4. The average molecular weight is 448 g/mol. The first-order valence-corrected chi connectivity index (χ1v) is 10.7. The van der Waals surface area contributed by atoms with E-state index in [0.29, 0.717) is 34.9 Å². The van der Waals surface area contributed by atoms with Gasteiger partial charge in [0, 0.05) is 22.5 Å². The van der Waals surface area contributed by atoms with Gasteiger partial charge < -0.3 is 15.4 Å². The molecule has 0 heterocycles. The minimum Gasteiger partial charge on any atom is -0.494 e. The molecular weight excluding hydrogens is 422 g/mol. The Morgan fingerprint density at radius 2 is 1.47 bits per heavy atom. The van der Waals surface area contributed by atoms with Crippen LogP contribution in [0.2, 0.25) is 0 Å². The molecule has 2 amide bonds. The van der Waals surface area contributed by atoms with Crippen LogP contribution in [0.3, 0.4) is 0 Å². The van der Waals surface area contributed by atoms with Gasteiger partial charge in [-0.25, -0.2) is 0 Å². The molecule has 0 fully saturated rings. The molecule has 0 bridgehead atoms. The molecule has 3 rings (SSSR count). The van der Waals surface area contributed by atoms with E-state index in [4.69, 9.17) is 17.0 Å². The molecule has 0 unspecified atom stereocenters. The molecule has 32 heavy (non-hydrogen) atoms. The van der Waals surface area contributed by atoms with E-state index in [1.165, 1.54) is 0 Å². The van der Waals surface area contributed by atoms with Crippen LogP contribution in [0.1, 0.15) is 39.6 Å². The topological polar surface area (TPSA) is 79.5 Å². The fourth-order valence-electron chi connectivity index (χ4n) is 2.91. The highest BCUT2D eigenvalue weighted by Crippen LogP contribution is 2.16. The molecule has 0 aromatic heterocycles. The van der Waals surface area contributed by atoms with Crippen LogP contribution in [-0.2, 0) is 0 Å². The number of carbonyl (C=O) groups is 2. The smallest absolute Gasteiger partial charge is 0.257 e. The first kappa shape index (κ1) is 23.0. The lowest BCUT2D eigenvalue weighted by molar-refractivity contribution is 0.0976. The van der Waals surface area contributed by atoms with Crippen LogP contribution in [0.25, 0.3) is 0 Å². The summed E-state index contributed by atoms with van der Waals surface area (Å²) in [7, 11) is 0. The van der Waals surface area contributed by atoms with Crippen LogP contribution in [-0.4, -0.2) is 23.5 Å². The van der Waals surface area contributed by atoms with E-state index in [1.54, 1.807) is 48.5 Å². The van der Waals surface area contributed by atoms with Crippen molar-refractivity contribution in [1.82, 2.24) is 5.32 Å². The molecule has 7 heteroatoms. The summed E-state index contributed by atoms with van der Waals surface area (Å²) in [6.07, 6.45) is 0.888.